The minimum atomic E-state index is -0.490. The highest BCUT2D eigenvalue weighted by Crippen LogP contribution is 2.44. The van der Waals surface area contributed by atoms with Crippen molar-refractivity contribution in [1.29, 1.82) is 5.26 Å². The molecule has 0 radical (unpaired) electrons. The summed E-state index contributed by atoms with van der Waals surface area (Å²) in [5.41, 5.74) is 8.49. The first-order valence-electron chi connectivity index (χ1n) is 9.97. The van der Waals surface area contributed by atoms with Gasteiger partial charge in [-0.25, -0.2) is 4.79 Å². The summed E-state index contributed by atoms with van der Waals surface area (Å²) in [6.45, 7) is 5.97. The van der Waals surface area contributed by atoms with Crippen LogP contribution in [0.3, 0.4) is 0 Å². The maximum atomic E-state index is 12.5. The summed E-state index contributed by atoms with van der Waals surface area (Å²) in [4.78, 5) is 14.1. The molecule has 31 heavy (non-hydrogen) atoms. The highest BCUT2D eigenvalue weighted by Gasteiger charge is 2.35. The first kappa shape index (κ1) is 20.6. The number of rotatable bonds is 4. The van der Waals surface area contributed by atoms with E-state index in [1.807, 2.05) is 13.8 Å². The molecule has 2 aliphatic rings. The molecular weight excluding hydrogens is 402 g/mol. The molecule has 2 aliphatic heterocycles. The van der Waals surface area contributed by atoms with E-state index in [-0.39, 0.29) is 11.5 Å². The Bertz CT molecular complexity index is 1060. The second kappa shape index (κ2) is 8.57. The Morgan fingerprint density at radius 1 is 1.39 bits per heavy atom. The molecule has 0 aliphatic carbocycles. The number of aromatic amines is 1. The third kappa shape index (κ3) is 3.87. The molecule has 0 saturated carbocycles. The molecule has 1 aromatic heterocycles. The average Bonchev–Trinajstić information content (AvgIpc) is 3.14. The van der Waals surface area contributed by atoms with Gasteiger partial charge in [-0.2, -0.15) is 5.26 Å². The summed E-state index contributed by atoms with van der Waals surface area (Å²) in [7, 11) is 0. The Hall–Kier alpha value is -3.71. The van der Waals surface area contributed by atoms with Gasteiger partial charge in [-0.05, 0) is 31.5 Å². The Morgan fingerprint density at radius 3 is 2.87 bits per heavy atom. The van der Waals surface area contributed by atoms with Gasteiger partial charge in [0, 0.05) is 24.3 Å². The van der Waals surface area contributed by atoms with Gasteiger partial charge in [-0.15, -0.1) is 5.10 Å². The van der Waals surface area contributed by atoms with Crippen molar-refractivity contribution in [3.63, 3.8) is 0 Å². The molecule has 0 bridgehead atoms. The highest BCUT2D eigenvalue weighted by atomic mass is 16.6. The van der Waals surface area contributed by atoms with E-state index < -0.39 is 12.0 Å². The second-order valence-corrected chi connectivity index (χ2v) is 7.10. The van der Waals surface area contributed by atoms with Crippen LogP contribution < -0.4 is 19.9 Å². The van der Waals surface area contributed by atoms with Gasteiger partial charge in [-0.3, -0.25) is 5.10 Å². The number of nitrogens with zero attached hydrogens (tertiary/aromatic N) is 3. The van der Waals surface area contributed by atoms with Crippen molar-refractivity contribution in [1.82, 2.24) is 15.1 Å². The van der Waals surface area contributed by atoms with Crippen LogP contribution in [-0.4, -0.2) is 54.1 Å². The fraction of sp³-hybridized carbons (Fsp3) is 0.381. The first-order chi connectivity index (χ1) is 15.0. The van der Waals surface area contributed by atoms with E-state index in [2.05, 4.69) is 16.3 Å². The number of benzene rings is 1. The zero-order chi connectivity index (χ0) is 22.0. The van der Waals surface area contributed by atoms with Gasteiger partial charge in [-0.1, -0.05) is 6.07 Å². The SMILES string of the molecule is CCOc1cc([C@@H]2C(C#N)=C(N)Oc3n[nH]c(C)c32)ccc1OC(=O)N1CCOCC1. The summed E-state index contributed by atoms with van der Waals surface area (Å²) in [6.07, 6.45) is -0.460. The number of nitrogens with two attached hydrogens (primary N) is 1. The molecule has 3 heterocycles. The Labute approximate surface area is 179 Å². The Morgan fingerprint density at radius 2 is 2.16 bits per heavy atom. The number of carbonyl (C=O) groups is 1. The van der Waals surface area contributed by atoms with Crippen LogP contribution in [0.1, 0.15) is 29.7 Å². The summed E-state index contributed by atoms with van der Waals surface area (Å²) < 4.78 is 22.1. The molecule has 1 saturated heterocycles. The van der Waals surface area contributed by atoms with Crippen LogP contribution in [0.25, 0.3) is 0 Å². The Kier molecular flexibility index (Phi) is 5.68. The van der Waals surface area contributed by atoms with E-state index in [9.17, 15) is 10.1 Å². The molecule has 1 fully saturated rings. The molecule has 1 atom stereocenters. The van der Waals surface area contributed by atoms with Gasteiger partial charge < -0.3 is 29.6 Å². The molecule has 10 heteroatoms. The van der Waals surface area contributed by atoms with Gasteiger partial charge in [0.2, 0.25) is 11.8 Å². The molecule has 1 aromatic carbocycles. The van der Waals surface area contributed by atoms with E-state index in [4.69, 9.17) is 24.7 Å². The lowest BCUT2D eigenvalue weighted by atomic mass is 9.84. The Balaban J connectivity index is 1.70. The lowest BCUT2D eigenvalue weighted by Gasteiger charge is -2.27. The fourth-order valence-corrected chi connectivity index (χ4v) is 3.69. The number of fused-ring (bicyclic) bond motifs is 1. The van der Waals surface area contributed by atoms with E-state index >= 15 is 0 Å². The quantitative estimate of drug-likeness (QED) is 0.761. The molecule has 162 valence electrons. The number of amides is 1. The molecule has 0 unspecified atom stereocenters. The van der Waals surface area contributed by atoms with E-state index in [1.165, 1.54) is 0 Å². The van der Waals surface area contributed by atoms with E-state index in [1.54, 1.807) is 23.1 Å². The third-order valence-electron chi connectivity index (χ3n) is 5.20. The first-order valence-corrected chi connectivity index (χ1v) is 9.97. The van der Waals surface area contributed by atoms with Crippen LogP contribution >= 0.6 is 0 Å². The fourth-order valence-electron chi connectivity index (χ4n) is 3.69. The summed E-state index contributed by atoms with van der Waals surface area (Å²) in [5.74, 6) is 0.545. The number of hydrogen-bond acceptors (Lipinski definition) is 8. The number of aryl methyl sites for hydroxylation is 1. The van der Waals surface area contributed by atoms with Crippen LogP contribution in [0, 0.1) is 18.3 Å². The van der Waals surface area contributed by atoms with Crippen molar-refractivity contribution in [2.45, 2.75) is 19.8 Å². The van der Waals surface area contributed by atoms with Crippen molar-refractivity contribution in [2.75, 3.05) is 32.9 Å². The number of hydrogen-bond donors (Lipinski definition) is 2. The summed E-state index contributed by atoms with van der Waals surface area (Å²) in [6, 6.07) is 7.34. The number of nitrogens with one attached hydrogen (secondary N) is 1. The van der Waals surface area contributed by atoms with Gasteiger partial charge >= 0.3 is 6.09 Å². The smallest absolute Gasteiger partial charge is 0.415 e. The van der Waals surface area contributed by atoms with Crippen molar-refractivity contribution in [3.8, 4) is 23.4 Å². The molecule has 0 spiro atoms. The van der Waals surface area contributed by atoms with Crippen molar-refractivity contribution >= 4 is 6.09 Å². The minimum absolute atomic E-state index is 0.00674. The lowest BCUT2D eigenvalue weighted by molar-refractivity contribution is 0.0413. The van der Waals surface area contributed by atoms with Crippen molar-refractivity contribution < 1.29 is 23.7 Å². The van der Waals surface area contributed by atoms with Gasteiger partial charge in [0.05, 0.1) is 25.7 Å². The van der Waals surface area contributed by atoms with Crippen LogP contribution in [0.15, 0.2) is 29.7 Å². The molecule has 10 nitrogen and oxygen atoms in total. The summed E-state index contributed by atoms with van der Waals surface area (Å²) in [5, 5.41) is 16.7. The van der Waals surface area contributed by atoms with E-state index in [0.717, 1.165) is 16.8 Å². The number of H-pyrrole nitrogens is 1. The monoisotopic (exact) mass is 425 g/mol. The van der Waals surface area contributed by atoms with Gasteiger partial charge in [0.15, 0.2) is 11.5 Å². The standard InChI is InChI=1S/C21H23N5O5/c1-3-29-16-10-13(4-5-15(16)30-21(27)26-6-8-28-9-7-26)18-14(11-22)19(23)31-20-17(18)12(2)24-25-20/h4-5,10,18H,3,6-9,23H2,1-2H3,(H,24,25)/t18-/m1/s1. The minimum Gasteiger partial charge on any atom is -0.490 e. The number of nitriles is 1. The zero-order valence-electron chi connectivity index (χ0n) is 17.3. The third-order valence-corrected chi connectivity index (χ3v) is 5.20. The number of aromatic nitrogens is 2. The van der Waals surface area contributed by atoms with Crippen molar-refractivity contribution in [3.05, 3.63) is 46.5 Å². The van der Waals surface area contributed by atoms with Crippen LogP contribution in [0.4, 0.5) is 4.79 Å². The van der Waals surface area contributed by atoms with Gasteiger partial charge in [0.1, 0.15) is 11.6 Å². The normalized spacial score (nSPS) is 18.1. The zero-order valence-corrected chi connectivity index (χ0v) is 17.3. The topological polar surface area (TPSA) is 136 Å². The number of ether oxygens (including phenoxy) is 4. The number of carbonyl (C=O) groups excluding carboxylic acids is 1. The second-order valence-electron chi connectivity index (χ2n) is 7.10. The van der Waals surface area contributed by atoms with E-state index in [0.29, 0.717) is 50.3 Å². The molecular formula is C21H23N5O5. The predicted octanol–water partition coefficient (Wildman–Crippen LogP) is 2.17. The molecule has 1 amide bonds. The van der Waals surface area contributed by atoms with Crippen LogP contribution in [0.5, 0.6) is 17.4 Å². The van der Waals surface area contributed by atoms with Gasteiger partial charge in [0.25, 0.3) is 0 Å². The molecule has 4 rings (SSSR count). The van der Waals surface area contributed by atoms with Crippen molar-refractivity contribution in [2.24, 2.45) is 5.73 Å². The molecule has 3 N–H and O–H groups in total. The highest BCUT2D eigenvalue weighted by molar-refractivity contribution is 5.72. The average molecular weight is 425 g/mol. The maximum Gasteiger partial charge on any atom is 0.415 e. The molecule has 2 aromatic rings. The number of morpholine rings is 1. The predicted molar refractivity (Wildman–Crippen MR) is 109 cm³/mol. The summed E-state index contributed by atoms with van der Waals surface area (Å²) >= 11 is 0. The van der Waals surface area contributed by atoms with Crippen LogP contribution in [0.2, 0.25) is 0 Å². The number of allylic oxidation sites excluding steroid dienone is 1. The maximum absolute atomic E-state index is 12.5. The lowest BCUT2D eigenvalue weighted by Crippen LogP contribution is -2.42. The largest absolute Gasteiger partial charge is 0.490 e. The van der Waals surface area contributed by atoms with Crippen LogP contribution in [-0.2, 0) is 4.74 Å².